The molecule has 5 heteroatoms. The van der Waals surface area contributed by atoms with Gasteiger partial charge in [-0.2, -0.15) is 0 Å². The summed E-state index contributed by atoms with van der Waals surface area (Å²) in [6.07, 6.45) is 0. The van der Waals surface area contributed by atoms with Gasteiger partial charge in [0, 0.05) is 17.3 Å². The summed E-state index contributed by atoms with van der Waals surface area (Å²) in [7, 11) is 1.55. The number of halogens is 1. The van der Waals surface area contributed by atoms with Crippen LogP contribution in [0.5, 0.6) is 11.5 Å². The molecule has 0 bridgehead atoms. The summed E-state index contributed by atoms with van der Waals surface area (Å²) in [5, 5.41) is 2.63. The Morgan fingerprint density at radius 1 is 1.19 bits per heavy atom. The first-order valence-corrected chi connectivity index (χ1v) is 6.51. The molecule has 21 heavy (non-hydrogen) atoms. The number of carbonyl (C=O) groups excluding carboxylic acids is 1. The van der Waals surface area contributed by atoms with Crippen LogP contribution in [0.3, 0.4) is 0 Å². The van der Waals surface area contributed by atoms with Crippen LogP contribution >= 0.6 is 0 Å². The minimum atomic E-state index is -0.510. The maximum absolute atomic E-state index is 13.7. The lowest BCUT2D eigenvalue weighted by Gasteiger charge is -2.09. The fourth-order valence-corrected chi connectivity index (χ4v) is 1.80. The second-order valence-electron chi connectivity index (χ2n) is 4.26. The molecule has 0 aliphatic carbocycles. The molecule has 0 saturated heterocycles. The third-order valence-electron chi connectivity index (χ3n) is 2.84. The lowest BCUT2D eigenvalue weighted by molar-refractivity contribution is 0.102. The second kappa shape index (κ2) is 6.74. The minimum Gasteiger partial charge on any atom is -0.497 e. The Hall–Kier alpha value is -2.56. The predicted octanol–water partition coefficient (Wildman–Crippen LogP) is 3.49. The average molecular weight is 289 g/mol. The Morgan fingerprint density at radius 3 is 2.48 bits per heavy atom. The molecular weight excluding hydrogens is 273 g/mol. The van der Waals surface area contributed by atoms with Gasteiger partial charge in [-0.3, -0.25) is 4.79 Å². The molecule has 0 unspecified atom stereocenters. The zero-order valence-electron chi connectivity index (χ0n) is 11.9. The van der Waals surface area contributed by atoms with Crippen molar-refractivity contribution in [3.8, 4) is 11.5 Å². The Bertz CT molecular complexity index is 626. The molecule has 1 amide bonds. The highest BCUT2D eigenvalue weighted by atomic mass is 19.1. The molecule has 0 atom stereocenters. The Morgan fingerprint density at radius 2 is 1.90 bits per heavy atom. The number of nitrogens with one attached hydrogen (secondary N) is 1. The molecule has 0 saturated carbocycles. The Kier molecular flexibility index (Phi) is 4.77. The third kappa shape index (κ3) is 3.72. The molecular formula is C16H16FNO3. The van der Waals surface area contributed by atoms with Crippen molar-refractivity contribution in [1.29, 1.82) is 0 Å². The van der Waals surface area contributed by atoms with Crippen LogP contribution in [-0.2, 0) is 0 Å². The van der Waals surface area contributed by atoms with E-state index in [2.05, 4.69) is 5.32 Å². The van der Waals surface area contributed by atoms with Crippen LogP contribution in [0.15, 0.2) is 42.5 Å². The monoisotopic (exact) mass is 289 g/mol. The highest BCUT2D eigenvalue weighted by Gasteiger charge is 2.09. The van der Waals surface area contributed by atoms with Gasteiger partial charge in [0.1, 0.15) is 5.75 Å². The molecule has 110 valence electrons. The molecule has 0 aliphatic rings. The zero-order valence-corrected chi connectivity index (χ0v) is 11.9. The van der Waals surface area contributed by atoms with Crippen LogP contribution in [0.1, 0.15) is 17.3 Å². The molecule has 0 aromatic heterocycles. The number of methoxy groups -OCH3 is 1. The highest BCUT2D eigenvalue weighted by Crippen LogP contribution is 2.21. The summed E-state index contributed by atoms with van der Waals surface area (Å²) in [6, 6.07) is 11.0. The van der Waals surface area contributed by atoms with Gasteiger partial charge in [-0.1, -0.05) is 0 Å². The van der Waals surface area contributed by atoms with Gasteiger partial charge in [0.15, 0.2) is 11.6 Å². The van der Waals surface area contributed by atoms with Crippen molar-refractivity contribution >= 4 is 11.6 Å². The van der Waals surface area contributed by atoms with Gasteiger partial charge in [-0.25, -0.2) is 4.39 Å². The first kappa shape index (κ1) is 14.8. The van der Waals surface area contributed by atoms with Gasteiger partial charge in [-0.05, 0) is 43.3 Å². The number of hydrogen-bond acceptors (Lipinski definition) is 3. The second-order valence-corrected chi connectivity index (χ2v) is 4.26. The number of anilines is 1. The summed E-state index contributed by atoms with van der Waals surface area (Å²) in [5.41, 5.74) is 0.835. The van der Waals surface area contributed by atoms with E-state index in [0.29, 0.717) is 23.6 Å². The van der Waals surface area contributed by atoms with E-state index in [1.807, 2.05) is 0 Å². The van der Waals surface area contributed by atoms with Gasteiger partial charge in [0.25, 0.3) is 5.91 Å². The number of carbonyl (C=O) groups is 1. The summed E-state index contributed by atoms with van der Waals surface area (Å²) < 4.78 is 23.8. The number of hydrogen-bond donors (Lipinski definition) is 1. The van der Waals surface area contributed by atoms with Crippen molar-refractivity contribution < 1.29 is 18.7 Å². The predicted molar refractivity (Wildman–Crippen MR) is 78.5 cm³/mol. The standard InChI is InChI=1S/C16H16FNO3/c1-3-21-15-9-6-12(10-14(15)17)18-16(19)11-4-7-13(20-2)8-5-11/h4-10H,3H2,1-2H3,(H,18,19). The number of rotatable bonds is 5. The van der Waals surface area contributed by atoms with Crippen LogP contribution < -0.4 is 14.8 Å². The molecule has 2 rings (SSSR count). The molecule has 4 nitrogen and oxygen atoms in total. The van der Waals surface area contributed by atoms with Gasteiger partial charge in [-0.15, -0.1) is 0 Å². The maximum Gasteiger partial charge on any atom is 0.255 e. The van der Waals surface area contributed by atoms with Gasteiger partial charge < -0.3 is 14.8 Å². The van der Waals surface area contributed by atoms with Crippen molar-refractivity contribution in [2.24, 2.45) is 0 Å². The van der Waals surface area contributed by atoms with Crippen LogP contribution in [0.2, 0.25) is 0 Å². The Balaban J connectivity index is 2.09. The Labute approximate surface area is 122 Å². The van der Waals surface area contributed by atoms with E-state index < -0.39 is 5.82 Å². The number of benzene rings is 2. The molecule has 0 radical (unpaired) electrons. The third-order valence-corrected chi connectivity index (χ3v) is 2.84. The number of amides is 1. The quantitative estimate of drug-likeness (QED) is 0.916. The molecule has 1 N–H and O–H groups in total. The van der Waals surface area contributed by atoms with E-state index in [4.69, 9.17) is 9.47 Å². The lowest BCUT2D eigenvalue weighted by atomic mass is 10.2. The summed E-state index contributed by atoms with van der Waals surface area (Å²) >= 11 is 0. The van der Waals surface area contributed by atoms with E-state index in [1.165, 1.54) is 12.1 Å². The van der Waals surface area contributed by atoms with E-state index in [0.717, 1.165) is 0 Å². The largest absolute Gasteiger partial charge is 0.497 e. The van der Waals surface area contributed by atoms with Crippen molar-refractivity contribution in [1.82, 2.24) is 0 Å². The minimum absolute atomic E-state index is 0.167. The average Bonchev–Trinajstić information content (AvgIpc) is 2.50. The molecule has 0 spiro atoms. The van der Waals surface area contributed by atoms with Gasteiger partial charge >= 0.3 is 0 Å². The lowest BCUT2D eigenvalue weighted by Crippen LogP contribution is -2.12. The van der Waals surface area contributed by atoms with Crippen LogP contribution in [0.25, 0.3) is 0 Å². The van der Waals surface area contributed by atoms with Crippen LogP contribution in [0.4, 0.5) is 10.1 Å². The number of ether oxygens (including phenoxy) is 2. The van der Waals surface area contributed by atoms with E-state index in [-0.39, 0.29) is 11.7 Å². The summed E-state index contributed by atoms with van der Waals surface area (Å²) in [6.45, 7) is 2.16. The molecule has 0 heterocycles. The van der Waals surface area contributed by atoms with Crippen molar-refractivity contribution in [3.05, 3.63) is 53.8 Å². The first-order valence-electron chi connectivity index (χ1n) is 6.51. The fourth-order valence-electron chi connectivity index (χ4n) is 1.80. The van der Waals surface area contributed by atoms with Crippen LogP contribution in [-0.4, -0.2) is 19.6 Å². The van der Waals surface area contributed by atoms with E-state index >= 15 is 0 Å². The van der Waals surface area contributed by atoms with Gasteiger partial charge in [0.05, 0.1) is 13.7 Å². The SMILES string of the molecule is CCOc1ccc(NC(=O)c2ccc(OC)cc2)cc1F. The van der Waals surface area contributed by atoms with Crippen LogP contribution in [0, 0.1) is 5.82 Å². The molecule has 0 aliphatic heterocycles. The smallest absolute Gasteiger partial charge is 0.255 e. The van der Waals surface area contributed by atoms with Crippen molar-refractivity contribution in [2.45, 2.75) is 6.92 Å². The van der Waals surface area contributed by atoms with E-state index in [9.17, 15) is 9.18 Å². The molecule has 2 aromatic rings. The fraction of sp³-hybridized carbons (Fsp3) is 0.188. The highest BCUT2D eigenvalue weighted by molar-refractivity contribution is 6.04. The summed E-state index contributed by atoms with van der Waals surface area (Å²) in [4.78, 5) is 12.0. The normalized spacial score (nSPS) is 10.0. The van der Waals surface area contributed by atoms with Crippen molar-refractivity contribution in [2.75, 3.05) is 19.0 Å². The molecule has 2 aromatic carbocycles. The van der Waals surface area contributed by atoms with Crippen molar-refractivity contribution in [3.63, 3.8) is 0 Å². The molecule has 0 fully saturated rings. The maximum atomic E-state index is 13.7. The first-order chi connectivity index (χ1) is 10.1. The topological polar surface area (TPSA) is 47.6 Å². The zero-order chi connectivity index (χ0) is 15.2. The van der Waals surface area contributed by atoms with Gasteiger partial charge in [0.2, 0.25) is 0 Å². The summed E-state index contributed by atoms with van der Waals surface area (Å²) in [5.74, 6) is 0.00389. The van der Waals surface area contributed by atoms with E-state index in [1.54, 1.807) is 44.4 Å².